The Bertz CT molecular complexity index is 1610. The molecule has 2 aliphatic rings. The maximum atomic E-state index is 13.7. The predicted octanol–water partition coefficient (Wildman–Crippen LogP) is 1.24. The number of rotatable bonds is 15. The van der Waals surface area contributed by atoms with Crippen molar-refractivity contribution in [1.82, 2.24) is 20.9 Å². The van der Waals surface area contributed by atoms with Gasteiger partial charge in [-0.05, 0) is 56.1 Å². The van der Waals surface area contributed by atoms with Gasteiger partial charge in [-0.3, -0.25) is 29.0 Å². The van der Waals surface area contributed by atoms with Crippen molar-refractivity contribution in [3.63, 3.8) is 0 Å². The molecule has 2 aromatic rings. The van der Waals surface area contributed by atoms with Crippen molar-refractivity contribution in [3.8, 4) is 0 Å². The number of alkyl halides is 3. The summed E-state index contributed by atoms with van der Waals surface area (Å²) in [6.07, 6.45) is -2.23. The first-order valence-electron chi connectivity index (χ1n) is 16.9. The van der Waals surface area contributed by atoms with E-state index in [1.165, 1.54) is 0 Å². The number of carbonyl (C=O) groups is 6. The lowest BCUT2D eigenvalue weighted by molar-refractivity contribution is -0.192. The Morgan fingerprint density at radius 2 is 1.47 bits per heavy atom. The van der Waals surface area contributed by atoms with Crippen LogP contribution in [0.5, 0.6) is 0 Å². The van der Waals surface area contributed by atoms with Gasteiger partial charge < -0.3 is 42.5 Å². The number of carbonyl (C=O) groups excluding carboxylic acids is 4. The summed E-state index contributed by atoms with van der Waals surface area (Å²) < 4.78 is 31.7. The molecule has 2 fully saturated rings. The highest BCUT2D eigenvalue weighted by Gasteiger charge is 2.47. The molecule has 18 heteroatoms. The average Bonchev–Trinajstić information content (AvgIpc) is 3.53. The highest BCUT2D eigenvalue weighted by molar-refractivity contribution is 5.95. The molecule has 0 aliphatic carbocycles. The number of carboxylic acid groups (broad SMARTS) is 2. The Morgan fingerprint density at radius 1 is 0.887 bits per heavy atom. The second-order valence-electron chi connectivity index (χ2n) is 12.7. The maximum Gasteiger partial charge on any atom is 0.490 e. The molecule has 5 atom stereocenters. The molecule has 9 N–H and O–H groups in total. The number of nitrogens with two attached hydrogens (primary N) is 2. The van der Waals surface area contributed by atoms with Gasteiger partial charge in [0.25, 0.3) is 0 Å². The lowest BCUT2D eigenvalue weighted by Gasteiger charge is -2.38. The molecule has 15 nitrogen and oxygen atoms in total. The molecule has 2 saturated heterocycles. The second kappa shape index (κ2) is 19.8. The van der Waals surface area contributed by atoms with Crippen molar-refractivity contribution < 1.29 is 52.2 Å². The van der Waals surface area contributed by atoms with E-state index in [0.29, 0.717) is 32.1 Å². The molecule has 0 radical (unpaired) electrons. The lowest BCUT2D eigenvalue weighted by atomic mass is 9.97. The molecule has 0 spiro atoms. The Balaban J connectivity index is 0.000000980. The minimum absolute atomic E-state index is 0.0968. The molecule has 0 aromatic heterocycles. The number of guanidine groups is 1. The van der Waals surface area contributed by atoms with Crippen LogP contribution in [0.25, 0.3) is 0 Å². The Hall–Kier alpha value is -5.68. The van der Waals surface area contributed by atoms with Crippen LogP contribution in [0.15, 0.2) is 65.7 Å². The summed E-state index contributed by atoms with van der Waals surface area (Å²) in [6.45, 7) is 0.227. The first-order valence-corrected chi connectivity index (χ1v) is 16.9. The Labute approximate surface area is 303 Å². The zero-order valence-corrected chi connectivity index (χ0v) is 28.8. The van der Waals surface area contributed by atoms with Gasteiger partial charge >= 0.3 is 18.1 Å². The number of aliphatic imine (C=N–C) groups is 1. The molecule has 4 amide bonds. The van der Waals surface area contributed by atoms with E-state index in [0.717, 1.165) is 11.1 Å². The standard InChI is InChI=1S/C33H43N7O6.C2HF3O2/c34-33(35)36-17-7-12-25(30(44)37-23(20-29(42)43)18-21-8-3-1-4-9-21)39-31(45)27-16-14-24-13-15-26(32(46)40(24)27)38-28(41)19-22-10-5-2-6-11-22;3-2(4,5)1(6)7/h1-6,8-11,23-27H,7,12-20H2,(H,37,44)(H,38,41)(H,39,45)(H,42,43)(H4,34,35,36);(H,6,7)/t23-,24?,25?,26?,27+;/m1./s1. The van der Waals surface area contributed by atoms with Crippen LogP contribution < -0.4 is 27.4 Å². The minimum Gasteiger partial charge on any atom is -0.481 e. The van der Waals surface area contributed by atoms with Crippen molar-refractivity contribution in [1.29, 1.82) is 0 Å². The molecule has 0 bridgehead atoms. The first kappa shape index (κ1) is 41.7. The van der Waals surface area contributed by atoms with Crippen LogP contribution in [-0.2, 0) is 41.6 Å². The largest absolute Gasteiger partial charge is 0.490 e. The fourth-order valence-corrected chi connectivity index (χ4v) is 6.21. The number of halogens is 3. The van der Waals surface area contributed by atoms with Gasteiger partial charge in [0.15, 0.2) is 5.96 Å². The average molecular weight is 748 g/mol. The summed E-state index contributed by atoms with van der Waals surface area (Å²) >= 11 is 0. The van der Waals surface area contributed by atoms with Gasteiger partial charge in [0, 0.05) is 18.6 Å². The number of fused-ring (bicyclic) bond motifs is 1. The van der Waals surface area contributed by atoms with Gasteiger partial charge in [0.1, 0.15) is 18.1 Å². The third-order valence-electron chi connectivity index (χ3n) is 8.60. The number of nitrogens with one attached hydrogen (secondary N) is 3. The van der Waals surface area contributed by atoms with Crippen molar-refractivity contribution in [3.05, 3.63) is 71.8 Å². The predicted molar refractivity (Wildman–Crippen MR) is 185 cm³/mol. The molecular formula is C35H44F3N7O8. The van der Waals surface area contributed by atoms with Crippen molar-refractivity contribution in [2.24, 2.45) is 16.5 Å². The van der Waals surface area contributed by atoms with Gasteiger partial charge in [-0.25, -0.2) is 4.79 Å². The number of carboxylic acids is 2. The topological polar surface area (TPSA) is 247 Å². The van der Waals surface area contributed by atoms with E-state index in [1.807, 2.05) is 60.7 Å². The summed E-state index contributed by atoms with van der Waals surface area (Å²) in [5.74, 6) is -5.52. The highest BCUT2D eigenvalue weighted by atomic mass is 19.4. The molecule has 3 unspecified atom stereocenters. The first-order chi connectivity index (χ1) is 25.0. The van der Waals surface area contributed by atoms with E-state index in [4.69, 9.17) is 21.4 Å². The molecule has 4 rings (SSSR count). The third kappa shape index (κ3) is 13.8. The number of hydrogen-bond donors (Lipinski definition) is 7. The van der Waals surface area contributed by atoms with Crippen molar-refractivity contribution in [2.45, 2.75) is 94.2 Å². The van der Waals surface area contributed by atoms with Crippen LogP contribution in [0.1, 0.15) is 56.1 Å². The summed E-state index contributed by atoms with van der Waals surface area (Å²) in [4.78, 5) is 79.6. The zero-order chi connectivity index (χ0) is 39.1. The molecule has 2 aliphatic heterocycles. The third-order valence-corrected chi connectivity index (χ3v) is 8.60. The van der Waals surface area contributed by atoms with Gasteiger partial charge in [-0.15, -0.1) is 0 Å². The molecule has 53 heavy (non-hydrogen) atoms. The van der Waals surface area contributed by atoms with Crippen LogP contribution >= 0.6 is 0 Å². The molecule has 0 saturated carbocycles. The van der Waals surface area contributed by atoms with Crippen LogP contribution in [0.2, 0.25) is 0 Å². The maximum absolute atomic E-state index is 13.7. The van der Waals surface area contributed by atoms with E-state index in [1.54, 1.807) is 4.90 Å². The number of amides is 4. The zero-order valence-electron chi connectivity index (χ0n) is 28.8. The quantitative estimate of drug-likeness (QED) is 0.0781. The summed E-state index contributed by atoms with van der Waals surface area (Å²) in [5.41, 5.74) is 12.6. The van der Waals surface area contributed by atoms with E-state index in [9.17, 15) is 42.3 Å². The highest BCUT2D eigenvalue weighted by Crippen LogP contribution is 2.33. The minimum atomic E-state index is -5.08. The van der Waals surface area contributed by atoms with Crippen LogP contribution in [0.4, 0.5) is 13.2 Å². The van der Waals surface area contributed by atoms with Crippen LogP contribution in [-0.4, -0.2) is 99.6 Å². The lowest BCUT2D eigenvalue weighted by Crippen LogP contribution is -2.60. The van der Waals surface area contributed by atoms with Gasteiger partial charge in [0.2, 0.25) is 23.6 Å². The van der Waals surface area contributed by atoms with Crippen LogP contribution in [0, 0.1) is 0 Å². The van der Waals surface area contributed by atoms with E-state index in [2.05, 4.69) is 20.9 Å². The number of nitrogens with zero attached hydrogens (tertiary/aromatic N) is 2. The second-order valence-corrected chi connectivity index (χ2v) is 12.7. The van der Waals surface area contributed by atoms with Crippen molar-refractivity contribution >= 4 is 41.5 Å². The van der Waals surface area contributed by atoms with Gasteiger partial charge in [-0.2, -0.15) is 13.2 Å². The Kier molecular flexibility index (Phi) is 15.6. The molecular weight excluding hydrogens is 703 g/mol. The van der Waals surface area contributed by atoms with E-state index in [-0.39, 0.29) is 56.0 Å². The van der Waals surface area contributed by atoms with Gasteiger partial charge in [-0.1, -0.05) is 60.7 Å². The monoisotopic (exact) mass is 747 g/mol. The summed E-state index contributed by atoms with van der Waals surface area (Å²) in [5, 5.41) is 25.1. The normalized spacial score (nSPS) is 19.0. The fraction of sp³-hybridized carbons (Fsp3) is 0.457. The number of benzene rings is 2. The summed E-state index contributed by atoms with van der Waals surface area (Å²) in [6, 6.07) is 15.0. The number of aliphatic carboxylic acids is 2. The number of piperidine rings is 1. The van der Waals surface area contributed by atoms with E-state index < -0.39 is 54.1 Å². The van der Waals surface area contributed by atoms with Gasteiger partial charge in [0.05, 0.1) is 12.8 Å². The van der Waals surface area contributed by atoms with Crippen molar-refractivity contribution in [2.75, 3.05) is 6.54 Å². The Morgan fingerprint density at radius 3 is 2.04 bits per heavy atom. The molecule has 2 heterocycles. The smallest absolute Gasteiger partial charge is 0.481 e. The molecule has 2 aromatic carbocycles. The van der Waals surface area contributed by atoms with E-state index >= 15 is 0 Å². The summed E-state index contributed by atoms with van der Waals surface area (Å²) in [7, 11) is 0. The molecule has 288 valence electrons. The SMILES string of the molecule is NC(N)=NCCCC(NC(=O)[C@@H]1CCC2CCC(NC(=O)Cc3ccccc3)C(=O)N21)C(=O)N[C@@H](CC(=O)O)Cc1ccccc1.O=C(O)C(F)(F)F. The number of hydrogen-bond acceptors (Lipinski definition) is 7. The van der Waals surface area contributed by atoms with Crippen LogP contribution in [0.3, 0.4) is 0 Å². The fourth-order valence-electron chi connectivity index (χ4n) is 6.21.